The van der Waals surface area contributed by atoms with Crippen LogP contribution in [0.3, 0.4) is 0 Å². The van der Waals surface area contributed by atoms with Crippen LogP contribution in [-0.2, 0) is 27.0 Å². The van der Waals surface area contributed by atoms with Gasteiger partial charge in [-0.25, -0.2) is 0 Å². The molecule has 0 radical (unpaired) electrons. The number of phenols is 1. The molecule has 1 aromatic heterocycles. The van der Waals surface area contributed by atoms with Gasteiger partial charge < -0.3 is 35.5 Å². The topological polar surface area (TPSA) is 176 Å². The summed E-state index contributed by atoms with van der Waals surface area (Å²) in [5.41, 5.74) is 1.64. The fourth-order valence-corrected chi connectivity index (χ4v) is 4.42. The number of aromatic nitrogens is 2. The highest BCUT2D eigenvalue weighted by molar-refractivity contribution is 5.81. The van der Waals surface area contributed by atoms with Crippen LogP contribution in [0, 0.1) is 0 Å². The summed E-state index contributed by atoms with van der Waals surface area (Å²) in [5, 5.41) is 43.3. The summed E-state index contributed by atoms with van der Waals surface area (Å²) in [4.78, 5) is 29.5. The lowest BCUT2D eigenvalue weighted by Crippen LogP contribution is -2.40. The first kappa shape index (κ1) is 32.9. The average Bonchev–Trinajstić information content (AvgIpc) is 2.85. The van der Waals surface area contributed by atoms with E-state index in [4.69, 9.17) is 29.7 Å². The number of carboxylic acid groups (broad SMARTS) is 3. The first-order valence-corrected chi connectivity index (χ1v) is 11.7. The van der Waals surface area contributed by atoms with Crippen LogP contribution in [0.4, 0.5) is 24.7 Å². The van der Waals surface area contributed by atoms with Crippen molar-refractivity contribution in [3.05, 3.63) is 29.3 Å². The second-order valence-electron chi connectivity index (χ2n) is 8.54. The summed E-state index contributed by atoms with van der Waals surface area (Å²) < 4.78 is 38.9. The van der Waals surface area contributed by atoms with Crippen molar-refractivity contribution in [1.29, 1.82) is 0 Å². The number of likely N-dealkylation sites (tertiary alicyclic amines) is 1. The van der Waals surface area contributed by atoms with E-state index in [-0.39, 0.29) is 31.0 Å². The fourth-order valence-electron chi connectivity index (χ4n) is 4.42. The number of piperidine rings is 1. The molecule has 4 rings (SSSR count). The molecule has 12 nitrogen and oxygen atoms in total. The molecule has 1 fully saturated rings. The van der Waals surface area contributed by atoms with Crippen molar-refractivity contribution in [1.82, 2.24) is 15.1 Å². The zero-order valence-corrected chi connectivity index (χ0v) is 21.4. The number of likely N-dealkylation sites (N-methyl/N-ethyl adjacent to an activating group) is 1. The van der Waals surface area contributed by atoms with Gasteiger partial charge in [-0.15, -0.1) is 10.2 Å². The number of hydrogen-bond acceptors (Lipinski definition) is 9. The molecule has 15 heteroatoms. The minimum atomic E-state index is -4.51. The number of anilines is 2. The monoisotopic (exact) mass is 559 g/mol. The smallest absolute Gasteiger partial charge is 0.416 e. The van der Waals surface area contributed by atoms with Crippen molar-refractivity contribution >= 4 is 30.9 Å². The van der Waals surface area contributed by atoms with Gasteiger partial charge in [0.05, 0.1) is 11.3 Å². The second kappa shape index (κ2) is 16.0. The molecule has 1 saturated heterocycles. The second-order valence-corrected chi connectivity index (χ2v) is 8.54. The minimum Gasteiger partial charge on any atom is -0.507 e. The zero-order chi connectivity index (χ0) is 29.6. The number of alkyl halides is 3. The Labute approximate surface area is 222 Å². The van der Waals surface area contributed by atoms with Crippen molar-refractivity contribution in [2.45, 2.75) is 37.9 Å². The van der Waals surface area contributed by atoms with Crippen molar-refractivity contribution in [3.63, 3.8) is 0 Å². The Balaban J connectivity index is 0.000000747. The Kier molecular flexibility index (Phi) is 13.5. The number of nitrogens with zero attached hydrogens (tertiary/aromatic N) is 4. The maximum atomic E-state index is 13.0. The quantitative estimate of drug-likeness (QED) is 0.348. The highest BCUT2D eigenvalue weighted by atomic mass is 19.4. The molecule has 2 aliphatic rings. The Morgan fingerprint density at radius 2 is 1.62 bits per heavy atom. The van der Waals surface area contributed by atoms with E-state index in [1.165, 1.54) is 6.07 Å². The van der Waals surface area contributed by atoms with Gasteiger partial charge in [0, 0.05) is 37.3 Å². The van der Waals surface area contributed by atoms with Gasteiger partial charge in [-0.05, 0) is 57.5 Å². The summed E-state index contributed by atoms with van der Waals surface area (Å²) in [6.45, 7) is 2.10. The zero-order valence-electron chi connectivity index (χ0n) is 21.4. The van der Waals surface area contributed by atoms with Crippen LogP contribution in [0.5, 0.6) is 5.75 Å². The summed E-state index contributed by atoms with van der Waals surface area (Å²) in [6.07, 6.45) is -0.731. The van der Waals surface area contributed by atoms with Crippen molar-refractivity contribution in [2.75, 3.05) is 43.9 Å². The number of carbonyl (C=O) groups is 3. The Bertz CT molecular complexity index is 1070. The van der Waals surface area contributed by atoms with Gasteiger partial charge in [0.15, 0.2) is 5.82 Å². The highest BCUT2D eigenvalue weighted by Crippen LogP contribution is 2.42. The van der Waals surface area contributed by atoms with Crippen LogP contribution in [0.15, 0.2) is 18.2 Å². The number of aromatic hydroxyl groups is 1. The van der Waals surface area contributed by atoms with Gasteiger partial charge in [0.25, 0.3) is 19.4 Å². The molecular formula is C24H32F3N5O7. The Morgan fingerprint density at radius 3 is 2.15 bits per heavy atom. The van der Waals surface area contributed by atoms with Crippen LogP contribution in [0.1, 0.15) is 30.4 Å². The maximum Gasteiger partial charge on any atom is 0.416 e. The van der Waals surface area contributed by atoms with Crippen LogP contribution in [0.25, 0.3) is 11.3 Å². The number of phenolic OH excluding ortho intramolecular Hbond substituents is 1. The van der Waals surface area contributed by atoms with Crippen LogP contribution >= 0.6 is 0 Å². The van der Waals surface area contributed by atoms with Crippen molar-refractivity contribution in [2.24, 2.45) is 0 Å². The third-order valence-electron chi connectivity index (χ3n) is 5.89. The molecule has 0 amide bonds. The van der Waals surface area contributed by atoms with E-state index in [1.54, 1.807) is 0 Å². The molecule has 216 valence electrons. The van der Waals surface area contributed by atoms with E-state index in [0.29, 0.717) is 11.5 Å². The lowest BCUT2D eigenvalue weighted by atomic mass is 9.96. The average molecular weight is 560 g/mol. The standard InChI is InChI=1S/C21H26F3N5O.3CH2O2/c1-28-9-3-5-14(12-28)25-20-19-16(6-4-10-29(19)2)18(26-27-20)15-8-7-13(11-17(15)30)21(22,23)24;3*2-1-3/h7-8,11,14,30H,3-6,9-10,12H2,1-2H3,(H,25,27);3*1H,(H,2,3)/t14-;;;/m1.../s1. The molecule has 1 aromatic carbocycles. The van der Waals surface area contributed by atoms with Crippen LogP contribution in [0.2, 0.25) is 0 Å². The van der Waals surface area contributed by atoms with Gasteiger partial charge in [-0.1, -0.05) is 0 Å². The molecule has 0 saturated carbocycles. The lowest BCUT2D eigenvalue weighted by molar-refractivity contribution is -0.137. The predicted octanol–water partition coefficient (Wildman–Crippen LogP) is 2.86. The number of fused-ring (bicyclic) bond motifs is 1. The van der Waals surface area contributed by atoms with Crippen LogP contribution < -0.4 is 10.2 Å². The maximum absolute atomic E-state index is 13.0. The summed E-state index contributed by atoms with van der Waals surface area (Å²) in [7, 11) is 4.08. The number of hydrogen-bond donors (Lipinski definition) is 5. The molecule has 1 atom stereocenters. The first-order chi connectivity index (χ1) is 18.5. The Morgan fingerprint density at radius 1 is 1.00 bits per heavy atom. The van der Waals surface area contributed by atoms with Gasteiger partial charge in [0.2, 0.25) is 0 Å². The van der Waals surface area contributed by atoms with E-state index in [1.807, 2.05) is 7.05 Å². The number of halogens is 3. The Hall–Kier alpha value is -4.14. The molecule has 2 aromatic rings. The molecule has 0 aliphatic carbocycles. The van der Waals surface area contributed by atoms with Gasteiger partial charge >= 0.3 is 6.18 Å². The van der Waals surface area contributed by atoms with E-state index in [2.05, 4.69) is 32.4 Å². The molecule has 2 aliphatic heterocycles. The SMILES string of the molecule is CN1CCC[C@@H](Nc2nnc(-c3ccc(C(F)(F)F)cc3O)c3c2N(C)CCC3)C1.O=CO.O=CO.O=CO. The molecule has 0 bridgehead atoms. The van der Waals surface area contributed by atoms with E-state index in [0.717, 1.165) is 68.7 Å². The molecule has 5 N–H and O–H groups in total. The third-order valence-corrected chi connectivity index (χ3v) is 5.89. The highest BCUT2D eigenvalue weighted by Gasteiger charge is 2.32. The lowest BCUT2D eigenvalue weighted by Gasteiger charge is -2.34. The van der Waals surface area contributed by atoms with Crippen LogP contribution in [-0.4, -0.2) is 94.7 Å². The van der Waals surface area contributed by atoms with Gasteiger partial charge in [0.1, 0.15) is 11.4 Å². The summed E-state index contributed by atoms with van der Waals surface area (Å²) >= 11 is 0. The van der Waals surface area contributed by atoms with E-state index >= 15 is 0 Å². The summed E-state index contributed by atoms with van der Waals surface area (Å²) in [5.74, 6) is 0.256. The predicted molar refractivity (Wildman–Crippen MR) is 136 cm³/mol. The number of rotatable bonds is 3. The number of nitrogens with one attached hydrogen (secondary N) is 1. The van der Waals surface area contributed by atoms with Crippen molar-refractivity contribution < 1.29 is 48.0 Å². The molecule has 0 unspecified atom stereocenters. The summed E-state index contributed by atoms with van der Waals surface area (Å²) in [6, 6.07) is 3.27. The molecular weight excluding hydrogens is 527 g/mol. The van der Waals surface area contributed by atoms with Gasteiger partial charge in [-0.3, -0.25) is 14.4 Å². The third kappa shape index (κ3) is 9.59. The van der Waals surface area contributed by atoms with Crippen molar-refractivity contribution in [3.8, 4) is 17.0 Å². The van der Waals surface area contributed by atoms with E-state index < -0.39 is 17.5 Å². The van der Waals surface area contributed by atoms with E-state index in [9.17, 15) is 18.3 Å². The fraction of sp³-hybridized carbons (Fsp3) is 0.458. The normalized spacial score (nSPS) is 16.4. The largest absolute Gasteiger partial charge is 0.507 e. The van der Waals surface area contributed by atoms with Gasteiger partial charge in [-0.2, -0.15) is 13.2 Å². The molecule has 0 spiro atoms. The molecule has 3 heterocycles. The minimum absolute atomic E-state index is 0.250. The molecule has 39 heavy (non-hydrogen) atoms. The number of benzene rings is 1. The first-order valence-electron chi connectivity index (χ1n) is 11.7.